The summed E-state index contributed by atoms with van der Waals surface area (Å²) in [4.78, 5) is 19.1. The molecule has 1 aromatic heterocycles. The normalized spacial score (nSPS) is 13.9. The van der Waals surface area contributed by atoms with Gasteiger partial charge in [0.1, 0.15) is 0 Å². The van der Waals surface area contributed by atoms with Crippen molar-refractivity contribution in [1.29, 1.82) is 0 Å². The second kappa shape index (κ2) is 10.2. The van der Waals surface area contributed by atoms with E-state index in [2.05, 4.69) is 21.8 Å². The molecule has 1 amide bonds. The molecule has 0 bridgehead atoms. The van der Waals surface area contributed by atoms with Crippen LogP contribution in [0.25, 0.3) is 0 Å². The molecule has 3 rings (SSSR count). The van der Waals surface area contributed by atoms with Crippen molar-refractivity contribution >= 4 is 15.9 Å². The fraction of sp³-hybridized carbons (Fsp3) is 0.478. The monoisotopic (exact) mass is 429 g/mol. The maximum atomic E-state index is 12.7. The van der Waals surface area contributed by atoms with Crippen molar-refractivity contribution in [2.45, 2.75) is 59.0 Å². The van der Waals surface area contributed by atoms with Gasteiger partial charge in [0.2, 0.25) is 15.9 Å². The molecule has 6 nitrogen and oxygen atoms in total. The quantitative estimate of drug-likeness (QED) is 0.664. The Bertz CT molecular complexity index is 975. The largest absolute Gasteiger partial charge is 0.338 e. The Hall–Kier alpha value is -2.25. The highest BCUT2D eigenvalue weighted by Gasteiger charge is 2.24. The van der Waals surface area contributed by atoms with E-state index in [1.165, 1.54) is 5.56 Å². The van der Waals surface area contributed by atoms with Crippen molar-refractivity contribution in [1.82, 2.24) is 14.6 Å². The lowest BCUT2D eigenvalue weighted by molar-refractivity contribution is -0.132. The van der Waals surface area contributed by atoms with Crippen LogP contribution in [0.3, 0.4) is 0 Å². The minimum Gasteiger partial charge on any atom is -0.338 e. The lowest BCUT2D eigenvalue weighted by Crippen LogP contribution is -2.37. The van der Waals surface area contributed by atoms with Crippen LogP contribution in [-0.4, -0.2) is 36.5 Å². The van der Waals surface area contributed by atoms with Gasteiger partial charge >= 0.3 is 0 Å². The van der Waals surface area contributed by atoms with Gasteiger partial charge < -0.3 is 4.90 Å². The van der Waals surface area contributed by atoms with Gasteiger partial charge in [-0.1, -0.05) is 37.3 Å². The van der Waals surface area contributed by atoms with E-state index in [0.29, 0.717) is 25.9 Å². The zero-order valence-corrected chi connectivity index (χ0v) is 18.7. The fourth-order valence-corrected chi connectivity index (χ4v) is 4.98. The third kappa shape index (κ3) is 5.89. The summed E-state index contributed by atoms with van der Waals surface area (Å²) in [7, 11) is -3.27. The lowest BCUT2D eigenvalue weighted by atomic mass is 9.94. The summed E-state index contributed by atoms with van der Waals surface area (Å²) in [5.74, 6) is 0.294. The molecular formula is C23H31N3O3S. The SMILES string of the molecule is CCCS(=O)(=O)NCc1c(C)ncc2c1CCN(C(=O)CCCc1ccccc1)C2. The van der Waals surface area contributed by atoms with Crippen molar-refractivity contribution in [2.75, 3.05) is 12.3 Å². The average molecular weight is 430 g/mol. The number of nitrogens with zero attached hydrogens (tertiary/aromatic N) is 2. The summed E-state index contributed by atoms with van der Waals surface area (Å²) in [5.41, 5.74) is 5.20. The van der Waals surface area contributed by atoms with E-state index in [1.54, 1.807) is 0 Å². The van der Waals surface area contributed by atoms with Crippen LogP contribution in [0, 0.1) is 6.92 Å². The first-order valence-electron chi connectivity index (χ1n) is 10.6. The molecule has 0 radical (unpaired) electrons. The van der Waals surface area contributed by atoms with Crippen LogP contribution in [0.5, 0.6) is 0 Å². The van der Waals surface area contributed by atoms with Crippen LogP contribution in [0.4, 0.5) is 0 Å². The Kier molecular flexibility index (Phi) is 7.61. The summed E-state index contributed by atoms with van der Waals surface area (Å²) in [6.07, 6.45) is 5.42. The molecule has 0 unspecified atom stereocenters. The first-order valence-corrected chi connectivity index (χ1v) is 12.3. The summed E-state index contributed by atoms with van der Waals surface area (Å²) >= 11 is 0. The van der Waals surface area contributed by atoms with Gasteiger partial charge in [-0.25, -0.2) is 13.1 Å². The van der Waals surface area contributed by atoms with Gasteiger partial charge in [0.05, 0.1) is 5.75 Å². The highest BCUT2D eigenvalue weighted by Crippen LogP contribution is 2.25. The molecule has 30 heavy (non-hydrogen) atoms. The zero-order valence-electron chi connectivity index (χ0n) is 17.9. The average Bonchev–Trinajstić information content (AvgIpc) is 2.73. The molecule has 1 aliphatic rings. The van der Waals surface area contributed by atoms with Gasteiger partial charge in [-0.3, -0.25) is 9.78 Å². The van der Waals surface area contributed by atoms with E-state index >= 15 is 0 Å². The molecule has 1 aromatic carbocycles. The predicted molar refractivity (Wildman–Crippen MR) is 118 cm³/mol. The molecule has 7 heteroatoms. The number of pyridine rings is 1. The molecule has 1 N–H and O–H groups in total. The van der Waals surface area contributed by atoms with Crippen molar-refractivity contribution in [3.8, 4) is 0 Å². The van der Waals surface area contributed by atoms with Gasteiger partial charge in [-0.15, -0.1) is 0 Å². The molecule has 0 atom stereocenters. The number of hydrogen-bond donors (Lipinski definition) is 1. The number of carbonyl (C=O) groups excluding carboxylic acids is 1. The van der Waals surface area contributed by atoms with Crippen molar-refractivity contribution in [3.63, 3.8) is 0 Å². The Balaban J connectivity index is 1.61. The number of benzene rings is 1. The van der Waals surface area contributed by atoms with E-state index in [-0.39, 0.29) is 18.2 Å². The van der Waals surface area contributed by atoms with E-state index in [0.717, 1.165) is 41.6 Å². The molecule has 0 saturated heterocycles. The molecule has 2 aromatic rings. The summed E-state index contributed by atoms with van der Waals surface area (Å²) < 4.78 is 26.8. The number of carbonyl (C=O) groups is 1. The Labute approximate surface area is 179 Å². The van der Waals surface area contributed by atoms with E-state index < -0.39 is 10.0 Å². The molecule has 0 saturated carbocycles. The zero-order chi connectivity index (χ0) is 21.6. The van der Waals surface area contributed by atoms with Crippen LogP contribution in [0.15, 0.2) is 36.5 Å². The van der Waals surface area contributed by atoms with Gasteiger partial charge in [0.15, 0.2) is 0 Å². The minimum atomic E-state index is -3.27. The van der Waals surface area contributed by atoms with E-state index in [4.69, 9.17) is 0 Å². The van der Waals surface area contributed by atoms with Crippen molar-refractivity contribution in [3.05, 3.63) is 64.5 Å². The highest BCUT2D eigenvalue weighted by atomic mass is 32.2. The number of aromatic nitrogens is 1. The molecule has 0 aliphatic carbocycles. The fourth-order valence-electron chi connectivity index (χ4n) is 3.94. The van der Waals surface area contributed by atoms with Gasteiger partial charge in [0.25, 0.3) is 0 Å². The first kappa shape index (κ1) is 22.4. The van der Waals surface area contributed by atoms with Crippen LogP contribution >= 0.6 is 0 Å². The van der Waals surface area contributed by atoms with Crippen molar-refractivity contribution in [2.24, 2.45) is 0 Å². The Morgan fingerprint density at radius 2 is 2.00 bits per heavy atom. The number of hydrogen-bond acceptors (Lipinski definition) is 4. The van der Waals surface area contributed by atoms with E-state index in [1.807, 2.05) is 43.1 Å². The molecule has 162 valence electrons. The molecular weight excluding hydrogens is 398 g/mol. The number of aryl methyl sites for hydroxylation is 2. The number of rotatable bonds is 9. The number of sulfonamides is 1. The van der Waals surface area contributed by atoms with Crippen LogP contribution in [-0.2, 0) is 40.7 Å². The lowest BCUT2D eigenvalue weighted by Gasteiger charge is -2.30. The molecule has 1 aliphatic heterocycles. The highest BCUT2D eigenvalue weighted by molar-refractivity contribution is 7.89. The summed E-state index contributed by atoms with van der Waals surface area (Å²) in [6.45, 7) is 5.22. The number of nitrogens with one attached hydrogen (secondary N) is 1. The maximum absolute atomic E-state index is 12.7. The Morgan fingerprint density at radius 3 is 2.73 bits per heavy atom. The smallest absolute Gasteiger partial charge is 0.222 e. The summed E-state index contributed by atoms with van der Waals surface area (Å²) in [6, 6.07) is 10.2. The topological polar surface area (TPSA) is 79.4 Å². The Morgan fingerprint density at radius 1 is 1.23 bits per heavy atom. The summed E-state index contributed by atoms with van der Waals surface area (Å²) in [5, 5.41) is 0. The third-order valence-corrected chi connectivity index (χ3v) is 7.12. The second-order valence-electron chi connectivity index (χ2n) is 7.87. The van der Waals surface area contributed by atoms with Gasteiger partial charge in [0, 0.05) is 37.9 Å². The van der Waals surface area contributed by atoms with Crippen LogP contribution in [0.2, 0.25) is 0 Å². The minimum absolute atomic E-state index is 0.125. The van der Waals surface area contributed by atoms with Gasteiger partial charge in [-0.2, -0.15) is 0 Å². The van der Waals surface area contributed by atoms with Crippen LogP contribution < -0.4 is 4.72 Å². The molecule has 0 fully saturated rings. The maximum Gasteiger partial charge on any atom is 0.222 e. The predicted octanol–water partition coefficient (Wildman–Crippen LogP) is 3.13. The second-order valence-corrected chi connectivity index (χ2v) is 9.80. The molecule has 2 heterocycles. The van der Waals surface area contributed by atoms with Gasteiger partial charge in [-0.05, 0) is 54.9 Å². The first-order chi connectivity index (χ1) is 14.4. The third-order valence-electron chi connectivity index (χ3n) is 5.59. The standard InChI is InChI=1S/C23H31N3O3S/c1-3-14-30(28,29)25-16-22-18(2)24-15-20-17-26(13-12-21(20)22)23(27)11-7-10-19-8-5-4-6-9-19/h4-6,8-9,15,25H,3,7,10-14,16-17H2,1-2H3. The van der Waals surface area contributed by atoms with E-state index in [9.17, 15) is 13.2 Å². The number of fused-ring (bicyclic) bond motifs is 1. The van der Waals surface area contributed by atoms with Crippen LogP contribution in [0.1, 0.15) is 54.1 Å². The number of amides is 1. The molecule has 0 spiro atoms. The van der Waals surface area contributed by atoms with Crippen molar-refractivity contribution < 1.29 is 13.2 Å².